The zero-order valence-electron chi connectivity index (χ0n) is 11.8. The van der Waals surface area contributed by atoms with Crippen molar-refractivity contribution < 1.29 is 4.74 Å². The molecule has 5 nitrogen and oxygen atoms in total. The van der Waals surface area contributed by atoms with Crippen molar-refractivity contribution in [3.8, 4) is 0 Å². The minimum atomic E-state index is 0.577. The molecule has 5 heteroatoms. The third kappa shape index (κ3) is 2.67. The van der Waals surface area contributed by atoms with Crippen molar-refractivity contribution in [2.45, 2.75) is 57.0 Å². The fourth-order valence-corrected chi connectivity index (χ4v) is 3.44. The third-order valence-corrected chi connectivity index (χ3v) is 4.43. The van der Waals surface area contributed by atoms with Crippen molar-refractivity contribution in [1.29, 1.82) is 0 Å². The minimum absolute atomic E-state index is 0.577. The van der Waals surface area contributed by atoms with Gasteiger partial charge in [0.15, 0.2) is 0 Å². The van der Waals surface area contributed by atoms with Crippen molar-refractivity contribution in [2.75, 3.05) is 20.3 Å². The monoisotopic (exact) mass is 264 g/mol. The molecule has 0 amide bonds. The molecule has 2 fully saturated rings. The van der Waals surface area contributed by atoms with Gasteiger partial charge in [-0.1, -0.05) is 18.1 Å². The first-order valence-corrected chi connectivity index (χ1v) is 7.56. The topological polar surface area (TPSA) is 52.0 Å². The van der Waals surface area contributed by atoms with E-state index in [2.05, 4.69) is 20.3 Å². The van der Waals surface area contributed by atoms with E-state index in [1.807, 2.05) is 7.05 Å². The normalized spacial score (nSPS) is 22.2. The molecular weight excluding hydrogens is 240 g/mol. The Kier molecular flexibility index (Phi) is 4.13. The molecule has 1 aliphatic carbocycles. The molecule has 2 aliphatic rings. The number of hydrogen-bond acceptors (Lipinski definition) is 4. The highest BCUT2D eigenvalue weighted by molar-refractivity contribution is 5.17. The van der Waals surface area contributed by atoms with Crippen molar-refractivity contribution in [2.24, 2.45) is 0 Å². The predicted octanol–water partition coefficient (Wildman–Crippen LogP) is 2.01. The van der Waals surface area contributed by atoms with Gasteiger partial charge in [0.1, 0.15) is 0 Å². The van der Waals surface area contributed by atoms with Crippen LogP contribution in [0, 0.1) is 0 Å². The van der Waals surface area contributed by atoms with Crippen molar-refractivity contribution >= 4 is 0 Å². The number of nitrogens with one attached hydrogen (secondary N) is 1. The smallest absolute Gasteiger partial charge is 0.0999 e. The Morgan fingerprint density at radius 3 is 2.63 bits per heavy atom. The van der Waals surface area contributed by atoms with Crippen LogP contribution in [0.5, 0.6) is 0 Å². The van der Waals surface area contributed by atoms with Gasteiger partial charge in [-0.3, -0.25) is 0 Å². The van der Waals surface area contributed by atoms with Crippen LogP contribution in [0.4, 0.5) is 0 Å². The van der Waals surface area contributed by atoms with Crippen molar-refractivity contribution in [3.63, 3.8) is 0 Å². The fourth-order valence-electron chi connectivity index (χ4n) is 3.44. The van der Waals surface area contributed by atoms with E-state index in [9.17, 15) is 0 Å². The molecule has 106 valence electrons. The summed E-state index contributed by atoms with van der Waals surface area (Å²) < 4.78 is 7.74. The Balaban J connectivity index is 1.89. The first kappa shape index (κ1) is 13.1. The molecule has 1 N–H and O–H groups in total. The van der Waals surface area contributed by atoms with Crippen LogP contribution >= 0.6 is 0 Å². The molecule has 1 aromatic heterocycles. The van der Waals surface area contributed by atoms with Gasteiger partial charge in [0, 0.05) is 25.7 Å². The molecule has 1 saturated heterocycles. The van der Waals surface area contributed by atoms with Crippen LogP contribution in [0.25, 0.3) is 0 Å². The van der Waals surface area contributed by atoms with Crippen LogP contribution in [-0.2, 0) is 11.3 Å². The third-order valence-electron chi connectivity index (χ3n) is 4.43. The first-order chi connectivity index (χ1) is 9.40. The summed E-state index contributed by atoms with van der Waals surface area (Å²) in [6.45, 7) is 2.57. The SMILES string of the molecule is CNCc1nnn(C2CCCC2)c1C1CCOCC1. The number of aromatic nitrogens is 3. The van der Waals surface area contributed by atoms with Gasteiger partial charge in [0.05, 0.1) is 17.4 Å². The summed E-state index contributed by atoms with van der Waals surface area (Å²) >= 11 is 0. The number of hydrogen-bond donors (Lipinski definition) is 1. The van der Waals surface area contributed by atoms with E-state index in [-0.39, 0.29) is 0 Å². The van der Waals surface area contributed by atoms with E-state index in [0.29, 0.717) is 12.0 Å². The number of nitrogens with zero attached hydrogens (tertiary/aromatic N) is 3. The molecule has 1 aromatic rings. The molecule has 19 heavy (non-hydrogen) atoms. The summed E-state index contributed by atoms with van der Waals surface area (Å²) in [6, 6.07) is 0.580. The minimum Gasteiger partial charge on any atom is -0.381 e. The molecule has 0 bridgehead atoms. The van der Waals surface area contributed by atoms with Crippen LogP contribution in [0.1, 0.15) is 61.9 Å². The zero-order chi connectivity index (χ0) is 13.1. The second-order valence-corrected chi connectivity index (χ2v) is 5.72. The second-order valence-electron chi connectivity index (χ2n) is 5.72. The maximum Gasteiger partial charge on any atom is 0.0999 e. The molecule has 0 aromatic carbocycles. The first-order valence-electron chi connectivity index (χ1n) is 7.56. The van der Waals surface area contributed by atoms with Gasteiger partial charge in [0.2, 0.25) is 0 Å². The highest BCUT2D eigenvalue weighted by Gasteiger charge is 2.28. The van der Waals surface area contributed by atoms with E-state index in [1.54, 1.807) is 0 Å². The zero-order valence-corrected chi connectivity index (χ0v) is 11.8. The summed E-state index contributed by atoms with van der Waals surface area (Å²) in [5.41, 5.74) is 2.52. The van der Waals surface area contributed by atoms with Gasteiger partial charge in [0.25, 0.3) is 0 Å². The molecule has 3 rings (SSSR count). The Labute approximate surface area is 114 Å². The van der Waals surface area contributed by atoms with E-state index in [4.69, 9.17) is 4.74 Å². The van der Waals surface area contributed by atoms with Crippen LogP contribution in [0.3, 0.4) is 0 Å². The lowest BCUT2D eigenvalue weighted by atomic mass is 9.94. The summed E-state index contributed by atoms with van der Waals surface area (Å²) in [7, 11) is 1.97. The van der Waals surface area contributed by atoms with Crippen LogP contribution in [-0.4, -0.2) is 35.3 Å². The molecule has 1 saturated carbocycles. The van der Waals surface area contributed by atoms with Gasteiger partial charge < -0.3 is 10.1 Å². The summed E-state index contributed by atoms with van der Waals surface area (Å²) in [4.78, 5) is 0. The summed E-state index contributed by atoms with van der Waals surface area (Å²) in [5.74, 6) is 0.577. The summed E-state index contributed by atoms with van der Waals surface area (Å²) in [5, 5.41) is 12.1. The van der Waals surface area contributed by atoms with Gasteiger partial charge in [-0.25, -0.2) is 4.68 Å². The lowest BCUT2D eigenvalue weighted by Crippen LogP contribution is -2.21. The Bertz CT molecular complexity index is 406. The second kappa shape index (κ2) is 6.01. The van der Waals surface area contributed by atoms with E-state index < -0.39 is 0 Å². The van der Waals surface area contributed by atoms with E-state index >= 15 is 0 Å². The maximum absolute atomic E-state index is 5.50. The lowest BCUT2D eigenvalue weighted by Gasteiger charge is -2.25. The molecule has 2 heterocycles. The van der Waals surface area contributed by atoms with Crippen LogP contribution in [0.2, 0.25) is 0 Å². The van der Waals surface area contributed by atoms with Crippen LogP contribution < -0.4 is 5.32 Å². The van der Waals surface area contributed by atoms with Gasteiger partial charge in [-0.15, -0.1) is 5.10 Å². The Morgan fingerprint density at radius 1 is 1.21 bits per heavy atom. The summed E-state index contributed by atoms with van der Waals surface area (Å²) in [6.07, 6.45) is 7.41. The van der Waals surface area contributed by atoms with E-state index in [0.717, 1.165) is 38.3 Å². The Morgan fingerprint density at radius 2 is 1.95 bits per heavy atom. The molecule has 0 atom stereocenters. The predicted molar refractivity (Wildman–Crippen MR) is 73.1 cm³/mol. The van der Waals surface area contributed by atoms with E-state index in [1.165, 1.54) is 31.4 Å². The van der Waals surface area contributed by atoms with Crippen molar-refractivity contribution in [3.05, 3.63) is 11.4 Å². The quantitative estimate of drug-likeness (QED) is 0.904. The average Bonchev–Trinajstić information content (AvgIpc) is 3.08. The van der Waals surface area contributed by atoms with Crippen LogP contribution in [0.15, 0.2) is 0 Å². The molecule has 0 unspecified atom stereocenters. The molecular formula is C14H24N4O. The van der Waals surface area contributed by atoms with Gasteiger partial charge >= 0.3 is 0 Å². The van der Waals surface area contributed by atoms with Gasteiger partial charge in [-0.05, 0) is 32.7 Å². The van der Waals surface area contributed by atoms with Crippen molar-refractivity contribution in [1.82, 2.24) is 20.3 Å². The molecule has 0 spiro atoms. The number of ether oxygens (including phenoxy) is 1. The number of rotatable bonds is 4. The lowest BCUT2D eigenvalue weighted by molar-refractivity contribution is 0.0828. The molecule has 0 radical (unpaired) electrons. The standard InChI is InChI=1S/C14H24N4O/c1-15-10-13-14(11-6-8-19-9-7-11)18(17-16-13)12-4-2-3-5-12/h11-12,15H,2-10H2,1H3. The fraction of sp³-hybridized carbons (Fsp3) is 0.857. The van der Waals surface area contributed by atoms with Gasteiger partial charge in [-0.2, -0.15) is 0 Å². The highest BCUT2D eigenvalue weighted by atomic mass is 16.5. The molecule has 1 aliphatic heterocycles. The largest absolute Gasteiger partial charge is 0.381 e. The Hall–Kier alpha value is -0.940. The maximum atomic E-state index is 5.50. The highest BCUT2D eigenvalue weighted by Crippen LogP contribution is 2.35. The average molecular weight is 264 g/mol.